The highest BCUT2D eigenvalue weighted by Crippen LogP contribution is 2.24. The van der Waals surface area contributed by atoms with Gasteiger partial charge in [-0.1, -0.05) is 12.1 Å². The van der Waals surface area contributed by atoms with E-state index in [4.69, 9.17) is 4.42 Å². The first-order chi connectivity index (χ1) is 15.9. The summed E-state index contributed by atoms with van der Waals surface area (Å²) in [7, 11) is 0. The lowest BCUT2D eigenvalue weighted by Crippen LogP contribution is -2.39. The number of nitrogens with zero attached hydrogens (tertiary/aromatic N) is 2. The van der Waals surface area contributed by atoms with Crippen molar-refractivity contribution in [1.29, 1.82) is 0 Å². The van der Waals surface area contributed by atoms with Gasteiger partial charge in [0.2, 0.25) is 5.91 Å². The number of carbonyl (C=O) groups excluding carboxylic acids is 2. The number of anilines is 1. The zero-order chi connectivity index (χ0) is 23.1. The fourth-order valence-electron chi connectivity index (χ4n) is 4.49. The molecule has 2 amide bonds. The average molecular weight is 447 g/mol. The van der Waals surface area contributed by atoms with Crippen molar-refractivity contribution in [3.63, 3.8) is 0 Å². The Morgan fingerprint density at radius 1 is 1.03 bits per heavy atom. The van der Waals surface area contributed by atoms with Crippen LogP contribution in [0, 0.1) is 13.8 Å². The first-order valence-corrected chi connectivity index (χ1v) is 11.2. The quantitative estimate of drug-likeness (QED) is 0.496. The van der Waals surface area contributed by atoms with E-state index in [1.807, 2.05) is 32.0 Å². The molecule has 0 radical (unpaired) electrons. The molecule has 0 unspecified atom stereocenters. The Kier molecular flexibility index (Phi) is 5.28. The van der Waals surface area contributed by atoms with E-state index in [-0.39, 0.29) is 18.4 Å². The summed E-state index contributed by atoms with van der Waals surface area (Å²) in [5.74, 6) is -0.968. The Hall–Kier alpha value is -3.81. The third-order valence-electron chi connectivity index (χ3n) is 6.39. The molecule has 8 heteroatoms. The molecule has 170 valence electrons. The third-order valence-corrected chi connectivity index (χ3v) is 6.39. The molecule has 1 fully saturated rings. The summed E-state index contributed by atoms with van der Waals surface area (Å²) in [5, 5.41) is 3.89. The number of likely N-dealkylation sites (tertiary alicyclic amines) is 1. The van der Waals surface area contributed by atoms with Crippen LogP contribution in [0.5, 0.6) is 0 Å². The van der Waals surface area contributed by atoms with Crippen molar-refractivity contribution in [3.8, 4) is 0 Å². The van der Waals surface area contributed by atoms with Gasteiger partial charge >= 0.3 is 5.76 Å². The van der Waals surface area contributed by atoms with Gasteiger partial charge in [-0.3, -0.25) is 14.2 Å². The lowest BCUT2D eigenvalue weighted by Gasteiger charge is -2.26. The minimum atomic E-state index is -0.583. The number of rotatable bonds is 4. The summed E-state index contributed by atoms with van der Waals surface area (Å²) in [5.41, 5.74) is 4.92. The second-order valence-corrected chi connectivity index (χ2v) is 8.70. The zero-order valence-electron chi connectivity index (χ0n) is 18.7. The SMILES string of the molecule is Cc1ccc(C)c2[nH]c(C(=O)Nc3ccc4oc(=O)n(CC(=O)N5CCCCC5)c4c3)cc12. The molecule has 3 heterocycles. The molecular weight excluding hydrogens is 420 g/mol. The first-order valence-electron chi connectivity index (χ1n) is 11.2. The number of aromatic amines is 1. The zero-order valence-corrected chi connectivity index (χ0v) is 18.7. The normalized spacial score (nSPS) is 14.2. The van der Waals surface area contributed by atoms with Crippen molar-refractivity contribution in [3.05, 3.63) is 63.8 Å². The number of fused-ring (bicyclic) bond motifs is 2. The van der Waals surface area contributed by atoms with Crippen molar-refractivity contribution in [2.45, 2.75) is 39.7 Å². The molecule has 1 saturated heterocycles. The number of aromatic nitrogens is 2. The van der Waals surface area contributed by atoms with Crippen molar-refractivity contribution in [1.82, 2.24) is 14.5 Å². The van der Waals surface area contributed by atoms with Crippen LogP contribution in [0.2, 0.25) is 0 Å². The number of hydrogen-bond acceptors (Lipinski definition) is 4. The lowest BCUT2D eigenvalue weighted by atomic mass is 10.1. The summed E-state index contributed by atoms with van der Waals surface area (Å²) in [6.07, 6.45) is 3.09. The molecule has 0 atom stereocenters. The molecule has 2 aromatic carbocycles. The average Bonchev–Trinajstić information content (AvgIpc) is 3.40. The molecule has 8 nitrogen and oxygen atoms in total. The minimum absolute atomic E-state index is 0.0796. The van der Waals surface area contributed by atoms with E-state index in [0.29, 0.717) is 35.6 Å². The summed E-state index contributed by atoms with van der Waals surface area (Å²) >= 11 is 0. The van der Waals surface area contributed by atoms with E-state index in [9.17, 15) is 14.4 Å². The summed E-state index contributed by atoms with van der Waals surface area (Å²) in [6.45, 7) is 5.36. The number of benzene rings is 2. The highest BCUT2D eigenvalue weighted by atomic mass is 16.4. The predicted octanol–water partition coefficient (Wildman–Crippen LogP) is 3.96. The maximum absolute atomic E-state index is 12.9. The molecule has 0 bridgehead atoms. The van der Waals surface area contributed by atoms with Gasteiger partial charge in [-0.25, -0.2) is 4.79 Å². The number of piperidine rings is 1. The van der Waals surface area contributed by atoms with Crippen LogP contribution in [0.4, 0.5) is 5.69 Å². The summed E-state index contributed by atoms with van der Waals surface area (Å²) in [6, 6.07) is 10.9. The predicted molar refractivity (Wildman–Crippen MR) is 127 cm³/mol. The number of oxazole rings is 1. The number of aryl methyl sites for hydroxylation is 2. The van der Waals surface area contributed by atoms with Crippen molar-refractivity contribution < 1.29 is 14.0 Å². The fourth-order valence-corrected chi connectivity index (χ4v) is 4.49. The van der Waals surface area contributed by atoms with Crippen molar-refractivity contribution >= 4 is 39.5 Å². The van der Waals surface area contributed by atoms with Gasteiger partial charge in [-0.2, -0.15) is 0 Å². The minimum Gasteiger partial charge on any atom is -0.408 e. The van der Waals surface area contributed by atoms with Crippen LogP contribution >= 0.6 is 0 Å². The Morgan fingerprint density at radius 3 is 2.55 bits per heavy atom. The molecule has 33 heavy (non-hydrogen) atoms. The highest BCUT2D eigenvalue weighted by molar-refractivity contribution is 6.07. The second-order valence-electron chi connectivity index (χ2n) is 8.70. The summed E-state index contributed by atoms with van der Waals surface area (Å²) < 4.78 is 6.65. The standard InChI is InChI=1S/C25H26N4O4/c1-15-6-7-16(2)23-18(15)13-19(27-23)24(31)26-17-8-9-21-20(12-17)29(25(32)33-21)14-22(30)28-10-4-3-5-11-28/h6-9,12-13,27H,3-5,10-11,14H2,1-2H3,(H,26,31). The Bertz CT molecular complexity index is 1400. The first kappa shape index (κ1) is 21.1. The molecule has 1 aliphatic heterocycles. The van der Waals surface area contributed by atoms with Crippen molar-refractivity contribution in [2.24, 2.45) is 0 Å². The number of carbonyl (C=O) groups is 2. The van der Waals surface area contributed by atoms with E-state index >= 15 is 0 Å². The Morgan fingerprint density at radius 2 is 1.79 bits per heavy atom. The second kappa shape index (κ2) is 8.27. The molecular formula is C25H26N4O4. The van der Waals surface area contributed by atoms with Crippen LogP contribution in [-0.2, 0) is 11.3 Å². The molecule has 0 saturated carbocycles. The highest BCUT2D eigenvalue weighted by Gasteiger charge is 2.20. The molecule has 1 aliphatic rings. The van der Waals surface area contributed by atoms with Gasteiger partial charge in [-0.05, 0) is 68.5 Å². The summed E-state index contributed by atoms with van der Waals surface area (Å²) in [4.78, 5) is 43.0. The third kappa shape index (κ3) is 3.92. The van der Waals surface area contributed by atoms with Crippen LogP contribution in [0.3, 0.4) is 0 Å². The maximum Gasteiger partial charge on any atom is 0.420 e. The van der Waals surface area contributed by atoms with E-state index < -0.39 is 5.76 Å². The molecule has 2 aromatic heterocycles. The molecule has 4 aromatic rings. The fraction of sp³-hybridized carbons (Fsp3) is 0.320. The topological polar surface area (TPSA) is 100 Å². The Balaban J connectivity index is 1.41. The van der Waals surface area contributed by atoms with Crippen LogP contribution < -0.4 is 11.1 Å². The molecule has 0 spiro atoms. The van der Waals surface area contributed by atoms with Gasteiger partial charge in [0, 0.05) is 29.7 Å². The van der Waals surface area contributed by atoms with Gasteiger partial charge in [0.1, 0.15) is 12.2 Å². The van der Waals surface area contributed by atoms with Crippen LogP contribution in [0.1, 0.15) is 40.9 Å². The van der Waals surface area contributed by atoms with Crippen LogP contribution in [0.15, 0.2) is 45.6 Å². The van der Waals surface area contributed by atoms with Gasteiger partial charge in [0.15, 0.2) is 5.58 Å². The largest absolute Gasteiger partial charge is 0.420 e. The van der Waals surface area contributed by atoms with E-state index in [0.717, 1.165) is 41.3 Å². The number of nitrogens with one attached hydrogen (secondary N) is 2. The maximum atomic E-state index is 12.9. The number of amides is 2. The van der Waals surface area contributed by atoms with Crippen molar-refractivity contribution in [2.75, 3.05) is 18.4 Å². The van der Waals surface area contributed by atoms with Crippen LogP contribution in [-0.4, -0.2) is 39.4 Å². The Labute approximate surface area is 190 Å². The van der Waals surface area contributed by atoms with Gasteiger partial charge < -0.3 is 19.6 Å². The number of hydrogen-bond donors (Lipinski definition) is 2. The monoisotopic (exact) mass is 446 g/mol. The van der Waals surface area contributed by atoms with E-state index in [1.165, 1.54) is 4.57 Å². The molecule has 5 rings (SSSR count). The molecule has 2 N–H and O–H groups in total. The van der Waals surface area contributed by atoms with Gasteiger partial charge in [0.25, 0.3) is 5.91 Å². The van der Waals surface area contributed by atoms with Gasteiger partial charge in [0.05, 0.1) is 5.52 Å². The number of H-pyrrole nitrogens is 1. The smallest absolute Gasteiger partial charge is 0.408 e. The van der Waals surface area contributed by atoms with Crippen LogP contribution in [0.25, 0.3) is 22.0 Å². The lowest BCUT2D eigenvalue weighted by molar-refractivity contribution is -0.132. The van der Waals surface area contributed by atoms with E-state index in [2.05, 4.69) is 10.3 Å². The van der Waals surface area contributed by atoms with Gasteiger partial charge in [-0.15, -0.1) is 0 Å². The molecule has 0 aliphatic carbocycles. The van der Waals surface area contributed by atoms with E-state index in [1.54, 1.807) is 23.1 Å².